The smallest absolute Gasteiger partial charge is 0.167 e. The Bertz CT molecular complexity index is 735. The number of Topliss-reactive ketones (excluding diaryl/α,β-unsaturated/α-hetero) is 1. The highest BCUT2D eigenvalue weighted by Gasteiger charge is 2.15. The molecule has 0 aliphatic heterocycles. The molecule has 0 aliphatic rings. The summed E-state index contributed by atoms with van der Waals surface area (Å²) < 4.78 is 5.59. The Morgan fingerprint density at radius 1 is 0.926 bits per heavy atom. The maximum atomic E-state index is 11.7. The summed E-state index contributed by atoms with van der Waals surface area (Å²) in [6.45, 7) is 10.1. The lowest BCUT2D eigenvalue weighted by Gasteiger charge is -2.11. The minimum absolute atomic E-state index is 0.0915. The Morgan fingerprint density at radius 3 is 2.11 bits per heavy atom. The summed E-state index contributed by atoms with van der Waals surface area (Å²) in [6, 6.07) is 2.48. The molecule has 0 radical (unpaired) electrons. The van der Waals surface area contributed by atoms with E-state index in [4.69, 9.17) is 4.74 Å². The van der Waals surface area contributed by atoms with Gasteiger partial charge in [-0.1, -0.05) is 28.9 Å². The van der Waals surface area contributed by atoms with Gasteiger partial charge in [0.1, 0.15) is 29.4 Å². The van der Waals surface area contributed by atoms with Crippen molar-refractivity contribution in [1.82, 2.24) is 0 Å². The van der Waals surface area contributed by atoms with E-state index in [9.17, 15) is 15.0 Å². The Kier molecular flexibility index (Phi) is 9.41. The fourth-order valence-corrected chi connectivity index (χ4v) is 2.67. The third-order valence-electron chi connectivity index (χ3n) is 4.21. The van der Waals surface area contributed by atoms with Gasteiger partial charge >= 0.3 is 0 Å². The van der Waals surface area contributed by atoms with Gasteiger partial charge in [0, 0.05) is 12.1 Å². The maximum absolute atomic E-state index is 11.7. The van der Waals surface area contributed by atoms with E-state index in [1.54, 1.807) is 0 Å². The largest absolute Gasteiger partial charge is 0.508 e. The summed E-state index contributed by atoms with van der Waals surface area (Å²) in [5.41, 5.74) is 4.04. The molecular weight excluding hydrogens is 340 g/mol. The van der Waals surface area contributed by atoms with Crippen LogP contribution in [0.4, 0.5) is 0 Å². The maximum Gasteiger partial charge on any atom is 0.167 e. The van der Waals surface area contributed by atoms with Gasteiger partial charge in [-0.25, -0.2) is 0 Å². The first-order valence-corrected chi connectivity index (χ1v) is 9.35. The molecular formula is C23H32O4. The van der Waals surface area contributed by atoms with Crippen molar-refractivity contribution in [2.45, 2.75) is 60.3 Å². The molecule has 2 N–H and O–H groups in total. The number of rotatable bonds is 10. The van der Waals surface area contributed by atoms with Crippen LogP contribution in [0.5, 0.6) is 17.2 Å². The molecule has 148 valence electrons. The molecule has 0 saturated heterocycles. The highest BCUT2D eigenvalue weighted by molar-refractivity contribution is 5.99. The number of hydrogen-bond donors (Lipinski definition) is 2. The van der Waals surface area contributed by atoms with Gasteiger partial charge in [-0.2, -0.15) is 0 Å². The van der Waals surface area contributed by atoms with Crippen LogP contribution in [0.3, 0.4) is 0 Å². The highest BCUT2D eigenvalue weighted by atomic mass is 16.5. The molecule has 0 amide bonds. The summed E-state index contributed by atoms with van der Waals surface area (Å²) in [4.78, 5) is 11.7. The monoisotopic (exact) mass is 372 g/mol. The van der Waals surface area contributed by atoms with Gasteiger partial charge in [0.25, 0.3) is 0 Å². The summed E-state index contributed by atoms with van der Waals surface area (Å²) in [5, 5.41) is 19.4. The van der Waals surface area contributed by atoms with Gasteiger partial charge in [0.2, 0.25) is 0 Å². The van der Waals surface area contributed by atoms with Gasteiger partial charge < -0.3 is 14.9 Å². The van der Waals surface area contributed by atoms with Crippen molar-refractivity contribution in [2.24, 2.45) is 0 Å². The normalized spacial score (nSPS) is 12.0. The van der Waals surface area contributed by atoms with E-state index in [1.165, 1.54) is 29.7 Å². The van der Waals surface area contributed by atoms with E-state index in [1.807, 2.05) is 13.0 Å². The predicted molar refractivity (Wildman–Crippen MR) is 111 cm³/mol. The molecule has 0 spiro atoms. The van der Waals surface area contributed by atoms with E-state index in [0.717, 1.165) is 31.7 Å². The van der Waals surface area contributed by atoms with Crippen LogP contribution in [0, 0.1) is 0 Å². The van der Waals surface area contributed by atoms with Crippen molar-refractivity contribution < 1.29 is 19.7 Å². The predicted octanol–water partition coefficient (Wildman–Crippen LogP) is 6.10. The lowest BCUT2D eigenvalue weighted by Crippen LogP contribution is -2.02. The zero-order valence-electron chi connectivity index (χ0n) is 17.1. The minimum Gasteiger partial charge on any atom is -0.508 e. The summed E-state index contributed by atoms with van der Waals surface area (Å²) >= 11 is 0. The van der Waals surface area contributed by atoms with Crippen molar-refractivity contribution in [3.8, 4) is 17.2 Å². The van der Waals surface area contributed by atoms with Crippen molar-refractivity contribution in [1.29, 1.82) is 0 Å². The highest BCUT2D eigenvalue weighted by Crippen LogP contribution is 2.33. The summed E-state index contributed by atoms with van der Waals surface area (Å²) in [5.74, 6) is -0.523. The molecule has 1 aromatic carbocycles. The van der Waals surface area contributed by atoms with Gasteiger partial charge in [-0.15, -0.1) is 0 Å². The van der Waals surface area contributed by atoms with E-state index in [0.29, 0.717) is 0 Å². The molecule has 0 unspecified atom stereocenters. The third kappa shape index (κ3) is 8.63. The van der Waals surface area contributed by atoms with Crippen LogP contribution in [-0.2, 0) is 0 Å². The Morgan fingerprint density at radius 2 is 1.52 bits per heavy atom. The average molecular weight is 373 g/mol. The molecule has 0 heterocycles. The number of aromatic hydroxyl groups is 2. The molecule has 0 atom stereocenters. The molecule has 0 saturated carbocycles. The van der Waals surface area contributed by atoms with E-state index < -0.39 is 0 Å². The van der Waals surface area contributed by atoms with Crippen molar-refractivity contribution in [3.63, 3.8) is 0 Å². The summed E-state index contributed by atoms with van der Waals surface area (Å²) in [6.07, 6.45) is 10.6. The fourth-order valence-electron chi connectivity index (χ4n) is 2.67. The first kappa shape index (κ1) is 22.6. The van der Waals surface area contributed by atoms with Crippen LogP contribution in [-0.4, -0.2) is 22.6 Å². The van der Waals surface area contributed by atoms with Crippen LogP contribution in [0.25, 0.3) is 0 Å². The fraction of sp³-hybridized carbons (Fsp3) is 0.435. The Labute approximate surface area is 162 Å². The second-order valence-electron chi connectivity index (χ2n) is 7.17. The van der Waals surface area contributed by atoms with Crippen LogP contribution >= 0.6 is 0 Å². The SMILES string of the molecule is CC(=O)c1c(O)cc(O)cc1OC/C=C(\C)CC/C=C(\C)CCC=C(C)C. The molecule has 1 aromatic rings. The Hall–Kier alpha value is -2.49. The number of carbonyl (C=O) groups is 1. The second kappa shape index (κ2) is 11.3. The topological polar surface area (TPSA) is 66.8 Å². The second-order valence-corrected chi connectivity index (χ2v) is 7.17. The lowest BCUT2D eigenvalue weighted by atomic mass is 10.1. The van der Waals surface area contributed by atoms with Crippen molar-refractivity contribution in [3.05, 3.63) is 52.6 Å². The first-order chi connectivity index (χ1) is 12.7. The van der Waals surface area contributed by atoms with E-state index >= 15 is 0 Å². The number of ether oxygens (including phenoxy) is 1. The molecule has 4 nitrogen and oxygen atoms in total. The van der Waals surface area contributed by atoms with Crippen molar-refractivity contribution >= 4 is 5.78 Å². The average Bonchev–Trinajstić information content (AvgIpc) is 2.53. The number of ketones is 1. The molecule has 1 rings (SSSR count). The summed E-state index contributed by atoms with van der Waals surface area (Å²) in [7, 11) is 0. The Balaban J connectivity index is 2.54. The van der Waals surface area contributed by atoms with Gasteiger partial charge in [-0.05, 0) is 66.4 Å². The van der Waals surface area contributed by atoms with E-state index in [2.05, 4.69) is 32.9 Å². The van der Waals surface area contributed by atoms with Gasteiger partial charge in [-0.3, -0.25) is 4.79 Å². The third-order valence-corrected chi connectivity index (χ3v) is 4.21. The molecule has 0 aromatic heterocycles. The number of phenols is 2. The van der Waals surface area contributed by atoms with Crippen LogP contribution in [0.2, 0.25) is 0 Å². The zero-order chi connectivity index (χ0) is 20.4. The molecule has 0 bridgehead atoms. The standard InChI is InChI=1S/C23H32O4/c1-16(2)8-6-9-17(3)10-7-11-18(4)12-13-27-22-15-20(25)14-21(26)23(22)19(5)24/h8,10,12,14-15,25-26H,6-7,9,11,13H2,1-5H3/b17-10+,18-12+. The molecule has 0 fully saturated rings. The van der Waals surface area contributed by atoms with Crippen LogP contribution in [0.15, 0.2) is 47.1 Å². The molecule has 0 aliphatic carbocycles. The minimum atomic E-state index is -0.308. The quantitative estimate of drug-likeness (QED) is 0.385. The zero-order valence-corrected chi connectivity index (χ0v) is 17.1. The number of allylic oxidation sites excluding steroid dienone is 5. The van der Waals surface area contributed by atoms with Crippen LogP contribution in [0.1, 0.15) is 70.7 Å². The number of phenolic OH excluding ortho intramolecular Hbond substituents is 2. The molecule has 4 heteroatoms. The van der Waals surface area contributed by atoms with Gasteiger partial charge in [0.15, 0.2) is 5.78 Å². The first-order valence-electron chi connectivity index (χ1n) is 9.35. The lowest BCUT2D eigenvalue weighted by molar-refractivity contribution is 0.101. The number of hydrogen-bond acceptors (Lipinski definition) is 4. The van der Waals surface area contributed by atoms with Gasteiger partial charge in [0.05, 0.1) is 0 Å². The van der Waals surface area contributed by atoms with Crippen molar-refractivity contribution in [2.75, 3.05) is 6.61 Å². The van der Waals surface area contributed by atoms with E-state index in [-0.39, 0.29) is 35.2 Å². The number of benzene rings is 1. The molecule has 27 heavy (non-hydrogen) atoms. The van der Waals surface area contributed by atoms with Crippen LogP contribution < -0.4 is 4.74 Å². The number of carbonyl (C=O) groups excluding carboxylic acids is 1.